The standard InChI is InChI=1S/C15H17NO3/c16-10-12-3-1-6-19-15(12)11-4-5-13-14(9-11)18-8-2-7-17-13/h4-5,9,12,15H,1-3,6-8H2. The van der Waals surface area contributed by atoms with Gasteiger partial charge in [0.25, 0.3) is 0 Å². The van der Waals surface area contributed by atoms with E-state index in [0.29, 0.717) is 13.2 Å². The first-order chi connectivity index (χ1) is 9.38. The monoisotopic (exact) mass is 259 g/mol. The van der Waals surface area contributed by atoms with Crippen molar-refractivity contribution in [3.05, 3.63) is 23.8 Å². The lowest BCUT2D eigenvalue weighted by atomic mass is 9.90. The smallest absolute Gasteiger partial charge is 0.161 e. The maximum absolute atomic E-state index is 9.22. The molecule has 0 aliphatic carbocycles. The fourth-order valence-electron chi connectivity index (χ4n) is 2.60. The van der Waals surface area contributed by atoms with E-state index in [1.807, 2.05) is 18.2 Å². The molecular formula is C15H17NO3. The molecule has 4 nitrogen and oxygen atoms in total. The van der Waals surface area contributed by atoms with E-state index in [9.17, 15) is 5.26 Å². The fourth-order valence-corrected chi connectivity index (χ4v) is 2.60. The van der Waals surface area contributed by atoms with Gasteiger partial charge in [-0.2, -0.15) is 5.26 Å². The molecule has 0 bridgehead atoms. The summed E-state index contributed by atoms with van der Waals surface area (Å²) in [5.41, 5.74) is 1.01. The van der Waals surface area contributed by atoms with Crippen molar-refractivity contribution in [3.8, 4) is 17.6 Å². The summed E-state index contributed by atoms with van der Waals surface area (Å²) in [5.74, 6) is 1.48. The van der Waals surface area contributed by atoms with Gasteiger partial charge in [0.15, 0.2) is 11.5 Å². The Kier molecular flexibility index (Phi) is 3.56. The van der Waals surface area contributed by atoms with Crippen molar-refractivity contribution in [2.24, 2.45) is 5.92 Å². The molecule has 1 aromatic rings. The Labute approximate surface area is 112 Å². The SMILES string of the molecule is N#CC1CCCOC1c1ccc2c(c1)OCCCO2. The second-order valence-electron chi connectivity index (χ2n) is 4.93. The molecule has 0 spiro atoms. The Morgan fingerprint density at radius 3 is 2.74 bits per heavy atom. The van der Waals surface area contributed by atoms with Crippen LogP contribution in [0.25, 0.3) is 0 Å². The summed E-state index contributed by atoms with van der Waals surface area (Å²) in [7, 11) is 0. The zero-order chi connectivity index (χ0) is 13.1. The van der Waals surface area contributed by atoms with E-state index in [1.165, 1.54) is 0 Å². The molecule has 0 amide bonds. The van der Waals surface area contributed by atoms with Gasteiger partial charge in [0.1, 0.15) is 0 Å². The lowest BCUT2D eigenvalue weighted by Crippen LogP contribution is -2.21. The van der Waals surface area contributed by atoms with E-state index in [2.05, 4.69) is 6.07 Å². The van der Waals surface area contributed by atoms with Crippen LogP contribution in [-0.4, -0.2) is 19.8 Å². The van der Waals surface area contributed by atoms with Crippen molar-refractivity contribution in [2.75, 3.05) is 19.8 Å². The molecule has 1 aromatic carbocycles. The molecule has 2 aliphatic heterocycles. The van der Waals surface area contributed by atoms with E-state index in [0.717, 1.165) is 42.9 Å². The van der Waals surface area contributed by atoms with Gasteiger partial charge in [-0.05, 0) is 30.5 Å². The van der Waals surface area contributed by atoms with Crippen LogP contribution < -0.4 is 9.47 Å². The van der Waals surface area contributed by atoms with Crippen LogP contribution in [0.15, 0.2) is 18.2 Å². The van der Waals surface area contributed by atoms with Gasteiger partial charge in [-0.15, -0.1) is 0 Å². The summed E-state index contributed by atoms with van der Waals surface area (Å²) < 4.78 is 17.1. The van der Waals surface area contributed by atoms with E-state index in [1.54, 1.807) is 0 Å². The predicted octanol–water partition coefficient (Wildman–Crippen LogP) is 2.84. The van der Waals surface area contributed by atoms with Gasteiger partial charge in [0.2, 0.25) is 0 Å². The minimum atomic E-state index is -0.143. The molecule has 0 radical (unpaired) electrons. The van der Waals surface area contributed by atoms with Crippen LogP contribution in [-0.2, 0) is 4.74 Å². The summed E-state index contributed by atoms with van der Waals surface area (Å²) in [4.78, 5) is 0. The number of rotatable bonds is 1. The molecule has 19 heavy (non-hydrogen) atoms. The molecule has 0 N–H and O–H groups in total. The van der Waals surface area contributed by atoms with Crippen LogP contribution in [0.2, 0.25) is 0 Å². The van der Waals surface area contributed by atoms with E-state index >= 15 is 0 Å². The van der Waals surface area contributed by atoms with Crippen LogP contribution in [0, 0.1) is 17.2 Å². The molecule has 2 aliphatic rings. The maximum atomic E-state index is 9.22. The van der Waals surface area contributed by atoms with Crippen molar-refractivity contribution in [3.63, 3.8) is 0 Å². The topological polar surface area (TPSA) is 51.5 Å². The van der Waals surface area contributed by atoms with E-state index in [4.69, 9.17) is 14.2 Å². The van der Waals surface area contributed by atoms with E-state index in [-0.39, 0.29) is 12.0 Å². The Balaban J connectivity index is 1.88. The second-order valence-corrected chi connectivity index (χ2v) is 4.93. The van der Waals surface area contributed by atoms with Crippen LogP contribution in [0.1, 0.15) is 30.9 Å². The highest BCUT2D eigenvalue weighted by Crippen LogP contribution is 2.38. The maximum Gasteiger partial charge on any atom is 0.161 e. The minimum Gasteiger partial charge on any atom is -0.490 e. The van der Waals surface area contributed by atoms with Gasteiger partial charge >= 0.3 is 0 Å². The predicted molar refractivity (Wildman–Crippen MR) is 69.1 cm³/mol. The lowest BCUT2D eigenvalue weighted by Gasteiger charge is -2.28. The molecule has 2 unspecified atom stereocenters. The summed E-state index contributed by atoms with van der Waals surface area (Å²) in [6, 6.07) is 8.21. The molecule has 4 heteroatoms. The quantitative estimate of drug-likeness (QED) is 0.778. The van der Waals surface area contributed by atoms with Crippen molar-refractivity contribution >= 4 is 0 Å². The van der Waals surface area contributed by atoms with Crippen LogP contribution in [0.4, 0.5) is 0 Å². The highest BCUT2D eigenvalue weighted by Gasteiger charge is 2.28. The van der Waals surface area contributed by atoms with Crippen LogP contribution >= 0.6 is 0 Å². The normalized spacial score (nSPS) is 26.3. The third kappa shape index (κ3) is 2.52. The average Bonchev–Trinajstić information content (AvgIpc) is 2.71. The number of nitrogens with zero attached hydrogens (tertiary/aromatic N) is 1. The largest absolute Gasteiger partial charge is 0.490 e. The third-order valence-corrected chi connectivity index (χ3v) is 3.59. The lowest BCUT2D eigenvalue weighted by molar-refractivity contribution is -0.0103. The molecule has 2 heterocycles. The number of fused-ring (bicyclic) bond motifs is 1. The number of benzene rings is 1. The first-order valence-electron chi connectivity index (χ1n) is 6.79. The third-order valence-electron chi connectivity index (χ3n) is 3.59. The summed E-state index contributed by atoms with van der Waals surface area (Å²) >= 11 is 0. The summed E-state index contributed by atoms with van der Waals surface area (Å²) in [5, 5.41) is 9.22. The molecule has 0 aromatic heterocycles. The molecule has 100 valence electrons. The highest BCUT2D eigenvalue weighted by molar-refractivity contribution is 5.44. The first kappa shape index (κ1) is 12.3. The van der Waals surface area contributed by atoms with E-state index < -0.39 is 0 Å². The van der Waals surface area contributed by atoms with Gasteiger partial charge in [0.05, 0.1) is 31.3 Å². The summed E-state index contributed by atoms with van der Waals surface area (Å²) in [6.07, 6.45) is 2.61. The minimum absolute atomic E-state index is 0.0708. The molecule has 1 fully saturated rings. The van der Waals surface area contributed by atoms with Gasteiger partial charge in [-0.25, -0.2) is 0 Å². The molecule has 1 saturated heterocycles. The van der Waals surface area contributed by atoms with Gasteiger partial charge in [-0.3, -0.25) is 0 Å². The summed E-state index contributed by atoms with van der Waals surface area (Å²) in [6.45, 7) is 2.08. The number of nitriles is 1. The number of hydrogen-bond acceptors (Lipinski definition) is 4. The average molecular weight is 259 g/mol. The van der Waals surface area contributed by atoms with Crippen molar-refractivity contribution in [1.29, 1.82) is 5.26 Å². The zero-order valence-corrected chi connectivity index (χ0v) is 10.8. The highest BCUT2D eigenvalue weighted by atomic mass is 16.5. The fraction of sp³-hybridized carbons (Fsp3) is 0.533. The Morgan fingerprint density at radius 2 is 1.89 bits per heavy atom. The Hall–Kier alpha value is -1.73. The molecule has 2 atom stereocenters. The molecule has 3 rings (SSSR count). The van der Waals surface area contributed by atoms with Gasteiger partial charge in [0, 0.05) is 13.0 Å². The molecule has 0 saturated carbocycles. The van der Waals surface area contributed by atoms with Crippen LogP contribution in [0.3, 0.4) is 0 Å². The Morgan fingerprint density at radius 1 is 1.05 bits per heavy atom. The molecular weight excluding hydrogens is 242 g/mol. The van der Waals surface area contributed by atoms with Crippen molar-refractivity contribution in [1.82, 2.24) is 0 Å². The number of ether oxygens (including phenoxy) is 3. The Bertz CT molecular complexity index is 495. The first-order valence-corrected chi connectivity index (χ1v) is 6.79. The van der Waals surface area contributed by atoms with Gasteiger partial charge in [-0.1, -0.05) is 6.07 Å². The van der Waals surface area contributed by atoms with Crippen LogP contribution in [0.5, 0.6) is 11.5 Å². The zero-order valence-electron chi connectivity index (χ0n) is 10.8. The van der Waals surface area contributed by atoms with Crippen molar-refractivity contribution in [2.45, 2.75) is 25.4 Å². The van der Waals surface area contributed by atoms with Crippen molar-refractivity contribution < 1.29 is 14.2 Å². The number of hydrogen-bond donors (Lipinski definition) is 0. The van der Waals surface area contributed by atoms with Gasteiger partial charge < -0.3 is 14.2 Å². The second kappa shape index (κ2) is 5.50.